The Morgan fingerprint density at radius 1 is 0.970 bits per heavy atom. The van der Waals surface area contributed by atoms with Crippen LogP contribution in [0.4, 0.5) is 5.69 Å². The summed E-state index contributed by atoms with van der Waals surface area (Å²) in [5.74, 6) is -0.949. The van der Waals surface area contributed by atoms with E-state index in [0.29, 0.717) is 18.3 Å². The largest absolute Gasteiger partial charge is 2.00 e. The predicted octanol–water partition coefficient (Wildman–Crippen LogP) is 5.28. The summed E-state index contributed by atoms with van der Waals surface area (Å²) < 4.78 is 0. The molecule has 0 amide bonds. The third kappa shape index (κ3) is 6.77. The predicted molar refractivity (Wildman–Crippen MR) is 129 cm³/mol. The van der Waals surface area contributed by atoms with Crippen LogP contribution in [0.3, 0.4) is 0 Å². The molecule has 172 valence electrons. The second-order valence-corrected chi connectivity index (χ2v) is 8.03. The molecule has 0 aromatic heterocycles. The van der Waals surface area contributed by atoms with Crippen molar-refractivity contribution in [1.82, 2.24) is 4.90 Å². The molecule has 1 fully saturated rings. The molecule has 0 spiro atoms. The van der Waals surface area contributed by atoms with Gasteiger partial charge in [-0.25, -0.2) is 0 Å². The topological polar surface area (TPSA) is 67.0 Å². The Labute approximate surface area is 205 Å². The van der Waals surface area contributed by atoms with Gasteiger partial charge in [0.05, 0.1) is 5.71 Å². The van der Waals surface area contributed by atoms with Crippen LogP contribution in [-0.4, -0.2) is 47.4 Å². The number of likely N-dealkylation sites (tertiary alicyclic amines) is 1. The molecule has 6 heteroatoms. The van der Waals surface area contributed by atoms with Crippen LogP contribution in [0.2, 0.25) is 0 Å². The van der Waals surface area contributed by atoms with Crippen molar-refractivity contribution in [1.29, 1.82) is 0 Å². The molecule has 1 atom stereocenters. The van der Waals surface area contributed by atoms with E-state index < -0.39 is 5.97 Å². The Hall–Kier alpha value is -2.95. The molecular weight excluding hydrogens is 457 g/mol. The van der Waals surface area contributed by atoms with Gasteiger partial charge in [-0.15, -0.1) is 12.2 Å². The zero-order valence-electron chi connectivity index (χ0n) is 18.4. The molecule has 1 unspecified atom stereocenters. The maximum atomic E-state index is 11.2. The van der Waals surface area contributed by atoms with Gasteiger partial charge in [-0.2, -0.15) is 0 Å². The molecule has 1 heterocycles. The van der Waals surface area contributed by atoms with Crippen molar-refractivity contribution in [2.24, 2.45) is 4.99 Å². The van der Waals surface area contributed by atoms with Crippen molar-refractivity contribution in [3.8, 4) is 0 Å². The first-order valence-corrected chi connectivity index (χ1v) is 11.1. The number of hydrogen-bond acceptors (Lipinski definition) is 3. The summed E-state index contributed by atoms with van der Waals surface area (Å²) in [7, 11) is 0. The van der Waals surface area contributed by atoms with Gasteiger partial charge in [0.2, 0.25) is 0 Å². The van der Waals surface area contributed by atoms with Gasteiger partial charge in [-0.1, -0.05) is 84.9 Å². The van der Waals surface area contributed by atoms with E-state index in [1.807, 2.05) is 60.7 Å². The van der Waals surface area contributed by atoms with E-state index in [1.165, 1.54) is 12.0 Å². The van der Waals surface area contributed by atoms with Crippen LogP contribution >= 0.6 is 0 Å². The van der Waals surface area contributed by atoms with Gasteiger partial charge in [0, 0.05) is 12.1 Å². The minimum absolute atomic E-state index is 0. The average Bonchev–Trinajstić information content (AvgIpc) is 3.26. The van der Waals surface area contributed by atoms with E-state index in [4.69, 9.17) is 5.32 Å². The Kier molecular flexibility index (Phi) is 9.23. The fourth-order valence-electron chi connectivity index (χ4n) is 4.22. The standard InChI is InChI=1S/C27H29N3O2.Ni/c31-26(32)19-29-27(22-12-5-2-6-13-22)24-15-7-8-16-25(24)28-18-23-14-9-17-30(23)20-21-10-3-1-4-11-21;/h1-8,10-13,15-16,23H,9,14,17-20H2,(H2,28,29,31,32);/q;+2/p-1. The van der Waals surface area contributed by atoms with Crippen LogP contribution in [0.25, 0.3) is 5.32 Å². The second-order valence-electron chi connectivity index (χ2n) is 8.03. The maximum Gasteiger partial charge on any atom is 2.00 e. The summed E-state index contributed by atoms with van der Waals surface area (Å²) in [4.78, 5) is 18.1. The summed E-state index contributed by atoms with van der Waals surface area (Å²) in [6, 6.07) is 28.6. The Morgan fingerprint density at radius 3 is 2.36 bits per heavy atom. The molecule has 3 aromatic rings. The molecule has 5 nitrogen and oxygen atoms in total. The van der Waals surface area contributed by atoms with Gasteiger partial charge >= 0.3 is 22.5 Å². The molecule has 33 heavy (non-hydrogen) atoms. The molecule has 0 aliphatic carbocycles. The normalized spacial score (nSPS) is 16.2. The Balaban J connectivity index is 0.00000306. The van der Waals surface area contributed by atoms with Crippen LogP contribution in [0.15, 0.2) is 89.9 Å². The van der Waals surface area contributed by atoms with Crippen LogP contribution < -0.4 is 0 Å². The summed E-state index contributed by atoms with van der Waals surface area (Å²) in [5, 5.41) is 14.2. The molecule has 0 bridgehead atoms. The van der Waals surface area contributed by atoms with E-state index in [0.717, 1.165) is 36.3 Å². The fourth-order valence-corrected chi connectivity index (χ4v) is 4.22. The zero-order chi connectivity index (χ0) is 22.2. The van der Waals surface area contributed by atoms with Crippen LogP contribution in [0, 0.1) is 0 Å². The molecule has 1 saturated heterocycles. The number of benzene rings is 3. The van der Waals surface area contributed by atoms with Gasteiger partial charge < -0.3 is 10.4 Å². The second kappa shape index (κ2) is 12.3. The molecule has 1 N–H and O–H groups in total. The van der Waals surface area contributed by atoms with Crippen LogP contribution in [0.1, 0.15) is 29.5 Å². The quantitative estimate of drug-likeness (QED) is 0.332. The van der Waals surface area contributed by atoms with Crippen LogP contribution in [0.5, 0.6) is 0 Å². The number of aliphatic imine (C=N–C) groups is 1. The Bertz CT molecular complexity index is 1060. The first-order valence-electron chi connectivity index (χ1n) is 11.1. The summed E-state index contributed by atoms with van der Waals surface area (Å²) in [5.41, 5.74) is 4.61. The van der Waals surface area contributed by atoms with Crippen molar-refractivity contribution in [2.45, 2.75) is 25.4 Å². The molecular formula is C27H28N3NiO2+. The number of para-hydroxylation sites is 1. The first-order chi connectivity index (χ1) is 15.7. The zero-order valence-corrected chi connectivity index (χ0v) is 19.4. The Morgan fingerprint density at radius 2 is 1.64 bits per heavy atom. The van der Waals surface area contributed by atoms with Crippen molar-refractivity contribution < 1.29 is 26.4 Å². The van der Waals surface area contributed by atoms with Crippen molar-refractivity contribution in [3.63, 3.8) is 0 Å². The molecule has 0 radical (unpaired) electrons. The van der Waals surface area contributed by atoms with Gasteiger partial charge in [0.25, 0.3) is 0 Å². The smallest absolute Gasteiger partial charge is 0.683 e. The van der Waals surface area contributed by atoms with Crippen molar-refractivity contribution in [3.05, 3.63) is 107 Å². The fraction of sp³-hybridized carbons (Fsp3) is 0.259. The number of carbonyl (C=O) groups is 1. The third-order valence-electron chi connectivity index (χ3n) is 5.78. The summed E-state index contributed by atoms with van der Waals surface area (Å²) in [6.45, 7) is 2.47. The van der Waals surface area contributed by atoms with Crippen LogP contribution in [-0.2, 0) is 27.8 Å². The molecule has 4 rings (SSSR count). The van der Waals surface area contributed by atoms with E-state index in [2.05, 4.69) is 34.2 Å². The number of hydrogen-bond donors (Lipinski definition) is 1. The number of carboxylic acid groups (broad SMARTS) is 1. The minimum Gasteiger partial charge on any atom is -0.683 e. The molecule has 1 aliphatic heterocycles. The first kappa shape index (κ1) is 24.7. The number of carboxylic acids is 1. The minimum atomic E-state index is -0.949. The van der Waals surface area contributed by atoms with Gasteiger partial charge in [-0.05, 0) is 36.6 Å². The van der Waals surface area contributed by atoms with Gasteiger partial charge in [0.15, 0.2) is 0 Å². The average molecular weight is 485 g/mol. The van der Waals surface area contributed by atoms with E-state index in [-0.39, 0.29) is 23.0 Å². The molecule has 0 saturated carbocycles. The van der Waals surface area contributed by atoms with Crippen molar-refractivity contribution in [2.75, 3.05) is 19.6 Å². The summed E-state index contributed by atoms with van der Waals surface area (Å²) in [6.07, 6.45) is 2.32. The van der Waals surface area contributed by atoms with E-state index in [9.17, 15) is 9.90 Å². The van der Waals surface area contributed by atoms with E-state index in [1.54, 1.807) is 0 Å². The molecule has 3 aromatic carbocycles. The maximum absolute atomic E-state index is 11.2. The van der Waals surface area contributed by atoms with E-state index >= 15 is 0 Å². The van der Waals surface area contributed by atoms with Gasteiger partial charge in [-0.3, -0.25) is 14.7 Å². The molecule has 1 aliphatic rings. The number of nitrogens with zero attached hydrogens (tertiary/aromatic N) is 3. The third-order valence-corrected chi connectivity index (χ3v) is 5.78. The number of rotatable bonds is 9. The van der Waals surface area contributed by atoms with Gasteiger partial charge in [0.1, 0.15) is 6.54 Å². The number of aliphatic carboxylic acids is 1. The van der Waals surface area contributed by atoms with Crippen molar-refractivity contribution >= 4 is 17.4 Å². The SMILES string of the molecule is O=C(O)CN=C(c1ccccc1)c1ccccc1[N-]CC1CCCN1Cc1ccccc1.[Ni+2]. The monoisotopic (exact) mass is 484 g/mol. The summed E-state index contributed by atoms with van der Waals surface area (Å²) >= 11 is 0.